The molecule has 2 rings (SSSR count). The van der Waals surface area contributed by atoms with Gasteiger partial charge < -0.3 is 5.32 Å². The monoisotopic (exact) mass is 339 g/mol. The Kier molecular flexibility index (Phi) is 5.78. The van der Waals surface area contributed by atoms with E-state index in [9.17, 15) is 13.2 Å². The summed E-state index contributed by atoms with van der Waals surface area (Å²) >= 11 is 0. The number of amides is 1. The minimum Gasteiger partial charge on any atom is -0.352 e. The van der Waals surface area contributed by atoms with Crippen LogP contribution in [0, 0.1) is 12.8 Å². The summed E-state index contributed by atoms with van der Waals surface area (Å²) in [7, 11) is -0.326. The average molecular weight is 339 g/mol. The van der Waals surface area contributed by atoms with E-state index >= 15 is 0 Å². The van der Waals surface area contributed by atoms with Gasteiger partial charge in [0.15, 0.2) is 0 Å². The number of rotatable bonds is 5. The number of carbonyl (C=O) groups is 1. The molecule has 0 atom stereocenters. The number of nitrogens with zero attached hydrogens (tertiary/aromatic N) is 2. The van der Waals surface area contributed by atoms with E-state index < -0.39 is 10.2 Å². The van der Waals surface area contributed by atoms with Gasteiger partial charge in [-0.25, -0.2) is 0 Å². The van der Waals surface area contributed by atoms with Crippen LogP contribution in [0.15, 0.2) is 24.3 Å². The Hall–Kier alpha value is -1.44. The average Bonchev–Trinajstić information content (AvgIpc) is 2.54. The van der Waals surface area contributed by atoms with Gasteiger partial charge in [-0.1, -0.05) is 29.8 Å². The molecule has 1 aromatic carbocycles. The number of piperidine rings is 1. The Morgan fingerprint density at radius 2 is 1.78 bits per heavy atom. The van der Waals surface area contributed by atoms with Crippen molar-refractivity contribution in [1.82, 2.24) is 13.9 Å². The first kappa shape index (κ1) is 17.9. The SMILES string of the molecule is Cc1ccc(CNC(=O)C2CCN(S(=O)(=O)N(C)C)CC2)cc1. The normalized spacial score (nSPS) is 17.4. The molecule has 1 amide bonds. The zero-order valence-corrected chi connectivity index (χ0v) is 14.8. The molecule has 128 valence electrons. The van der Waals surface area contributed by atoms with Crippen molar-refractivity contribution < 1.29 is 13.2 Å². The molecule has 1 N–H and O–H groups in total. The smallest absolute Gasteiger partial charge is 0.281 e. The van der Waals surface area contributed by atoms with Gasteiger partial charge in [0.2, 0.25) is 5.91 Å². The third-order valence-corrected chi connectivity index (χ3v) is 6.14. The van der Waals surface area contributed by atoms with Crippen LogP contribution in [0.3, 0.4) is 0 Å². The van der Waals surface area contributed by atoms with Crippen LogP contribution in [-0.4, -0.2) is 50.1 Å². The van der Waals surface area contributed by atoms with Crippen LogP contribution in [0.1, 0.15) is 24.0 Å². The molecule has 1 heterocycles. The summed E-state index contributed by atoms with van der Waals surface area (Å²) < 4.78 is 26.8. The number of hydrogen-bond donors (Lipinski definition) is 1. The lowest BCUT2D eigenvalue weighted by Crippen LogP contribution is -2.46. The Bertz CT molecular complexity index is 633. The van der Waals surface area contributed by atoms with Gasteiger partial charge in [-0.3, -0.25) is 4.79 Å². The fraction of sp³-hybridized carbons (Fsp3) is 0.562. The number of benzene rings is 1. The molecule has 1 fully saturated rings. The lowest BCUT2D eigenvalue weighted by molar-refractivity contribution is -0.126. The summed E-state index contributed by atoms with van der Waals surface area (Å²) in [6.07, 6.45) is 1.12. The molecule has 1 aliphatic rings. The van der Waals surface area contributed by atoms with Crippen molar-refractivity contribution in [3.8, 4) is 0 Å². The van der Waals surface area contributed by atoms with Gasteiger partial charge in [-0.2, -0.15) is 17.0 Å². The van der Waals surface area contributed by atoms with Gasteiger partial charge >= 0.3 is 0 Å². The summed E-state index contributed by atoms with van der Waals surface area (Å²) in [6.45, 7) is 3.32. The van der Waals surface area contributed by atoms with Gasteiger partial charge in [0, 0.05) is 39.6 Å². The second-order valence-electron chi connectivity index (χ2n) is 6.17. The molecule has 0 spiro atoms. The van der Waals surface area contributed by atoms with Crippen LogP contribution in [0.2, 0.25) is 0 Å². The molecule has 0 radical (unpaired) electrons. The summed E-state index contributed by atoms with van der Waals surface area (Å²) in [5, 5.41) is 2.95. The largest absolute Gasteiger partial charge is 0.352 e. The lowest BCUT2D eigenvalue weighted by Gasteiger charge is -2.32. The molecule has 0 saturated carbocycles. The quantitative estimate of drug-likeness (QED) is 0.874. The number of aryl methyl sites for hydroxylation is 1. The molecule has 7 heteroatoms. The summed E-state index contributed by atoms with van der Waals surface area (Å²) in [4.78, 5) is 12.2. The standard InChI is InChI=1S/C16H25N3O3S/c1-13-4-6-14(7-5-13)12-17-16(20)15-8-10-19(11-9-15)23(21,22)18(2)3/h4-7,15H,8-12H2,1-3H3,(H,17,20). The van der Waals surface area contributed by atoms with Crippen LogP contribution >= 0.6 is 0 Å². The third kappa shape index (κ3) is 4.53. The Morgan fingerprint density at radius 3 is 2.30 bits per heavy atom. The fourth-order valence-electron chi connectivity index (χ4n) is 2.62. The zero-order valence-electron chi connectivity index (χ0n) is 13.9. The highest BCUT2D eigenvalue weighted by Crippen LogP contribution is 2.20. The first-order valence-electron chi connectivity index (χ1n) is 7.81. The Labute approximate surface area is 138 Å². The molecule has 1 aromatic rings. The van der Waals surface area contributed by atoms with Crippen molar-refractivity contribution in [3.05, 3.63) is 35.4 Å². The minimum absolute atomic E-state index is 0.00692. The number of hydrogen-bond acceptors (Lipinski definition) is 3. The van der Waals surface area contributed by atoms with Gasteiger partial charge in [-0.05, 0) is 25.3 Å². The molecule has 1 aliphatic heterocycles. The van der Waals surface area contributed by atoms with Gasteiger partial charge in [0.25, 0.3) is 10.2 Å². The molecule has 23 heavy (non-hydrogen) atoms. The van der Waals surface area contributed by atoms with Crippen LogP contribution in [-0.2, 0) is 21.5 Å². The van der Waals surface area contributed by atoms with E-state index in [0.29, 0.717) is 32.5 Å². The third-order valence-electron chi connectivity index (χ3n) is 4.20. The maximum Gasteiger partial charge on any atom is 0.281 e. The van der Waals surface area contributed by atoms with Crippen molar-refractivity contribution in [2.24, 2.45) is 5.92 Å². The Balaban J connectivity index is 1.83. The van der Waals surface area contributed by atoms with Crippen molar-refractivity contribution in [2.75, 3.05) is 27.2 Å². The predicted octanol–water partition coefficient (Wildman–Crippen LogP) is 1.13. The minimum atomic E-state index is -3.37. The molecule has 0 unspecified atom stereocenters. The van der Waals surface area contributed by atoms with E-state index in [2.05, 4.69) is 5.32 Å². The van der Waals surface area contributed by atoms with Crippen LogP contribution < -0.4 is 5.32 Å². The van der Waals surface area contributed by atoms with Crippen molar-refractivity contribution in [3.63, 3.8) is 0 Å². The van der Waals surface area contributed by atoms with E-state index in [1.54, 1.807) is 0 Å². The summed E-state index contributed by atoms with van der Waals surface area (Å²) in [5.74, 6) is -0.110. The molecular weight excluding hydrogens is 314 g/mol. The van der Waals surface area contributed by atoms with Crippen LogP contribution in [0.5, 0.6) is 0 Å². The maximum absolute atomic E-state index is 12.2. The first-order valence-corrected chi connectivity index (χ1v) is 9.21. The van der Waals surface area contributed by atoms with Gasteiger partial charge in [-0.15, -0.1) is 0 Å². The first-order chi connectivity index (χ1) is 10.8. The molecule has 0 bridgehead atoms. The topological polar surface area (TPSA) is 69.7 Å². The van der Waals surface area contributed by atoms with Gasteiger partial charge in [0.1, 0.15) is 0 Å². The van der Waals surface area contributed by atoms with E-state index in [1.807, 2.05) is 31.2 Å². The lowest BCUT2D eigenvalue weighted by atomic mass is 9.97. The second kappa shape index (κ2) is 7.42. The number of nitrogens with one attached hydrogen (secondary N) is 1. The van der Waals surface area contributed by atoms with E-state index in [1.165, 1.54) is 28.3 Å². The van der Waals surface area contributed by atoms with E-state index in [0.717, 1.165) is 5.56 Å². The number of carbonyl (C=O) groups excluding carboxylic acids is 1. The fourth-order valence-corrected chi connectivity index (χ4v) is 3.75. The summed E-state index contributed by atoms with van der Waals surface area (Å²) in [6, 6.07) is 8.04. The molecule has 0 aliphatic carbocycles. The van der Waals surface area contributed by atoms with Crippen molar-refractivity contribution >= 4 is 16.1 Å². The van der Waals surface area contributed by atoms with Crippen LogP contribution in [0.25, 0.3) is 0 Å². The van der Waals surface area contributed by atoms with E-state index in [-0.39, 0.29) is 11.8 Å². The maximum atomic E-state index is 12.2. The summed E-state index contributed by atoms with van der Waals surface area (Å²) in [5.41, 5.74) is 2.26. The van der Waals surface area contributed by atoms with Crippen molar-refractivity contribution in [2.45, 2.75) is 26.3 Å². The predicted molar refractivity (Wildman–Crippen MR) is 89.9 cm³/mol. The van der Waals surface area contributed by atoms with Crippen molar-refractivity contribution in [1.29, 1.82) is 0 Å². The highest BCUT2D eigenvalue weighted by atomic mass is 32.2. The highest BCUT2D eigenvalue weighted by molar-refractivity contribution is 7.86. The molecule has 1 saturated heterocycles. The molecular formula is C16H25N3O3S. The highest BCUT2D eigenvalue weighted by Gasteiger charge is 2.32. The molecule has 0 aromatic heterocycles. The van der Waals surface area contributed by atoms with E-state index in [4.69, 9.17) is 0 Å². The van der Waals surface area contributed by atoms with Gasteiger partial charge in [0.05, 0.1) is 0 Å². The zero-order chi connectivity index (χ0) is 17.0. The van der Waals surface area contributed by atoms with Crippen LogP contribution in [0.4, 0.5) is 0 Å². The Morgan fingerprint density at radius 1 is 1.22 bits per heavy atom. The molecule has 6 nitrogen and oxygen atoms in total. The second-order valence-corrected chi connectivity index (χ2v) is 8.31.